The second-order valence-corrected chi connectivity index (χ2v) is 5.33. The summed E-state index contributed by atoms with van der Waals surface area (Å²) in [6.45, 7) is 7.85. The number of nitrogens with zero attached hydrogens (tertiary/aromatic N) is 2. The van der Waals surface area contributed by atoms with Crippen molar-refractivity contribution in [2.45, 2.75) is 27.7 Å². The Morgan fingerprint density at radius 2 is 1.85 bits per heavy atom. The summed E-state index contributed by atoms with van der Waals surface area (Å²) in [6.07, 6.45) is 0. The van der Waals surface area contributed by atoms with Crippen LogP contribution in [-0.2, 0) is 0 Å². The highest BCUT2D eigenvalue weighted by atomic mass is 16.1. The molecule has 0 atom stereocenters. The molecule has 4 heteroatoms. The van der Waals surface area contributed by atoms with Crippen LogP contribution in [-0.4, -0.2) is 14.8 Å². The molecule has 2 heterocycles. The molecule has 20 heavy (non-hydrogen) atoms. The molecule has 0 aliphatic rings. The fraction of sp³-hybridized carbons (Fsp3) is 0.250. The molecule has 0 radical (unpaired) electrons. The summed E-state index contributed by atoms with van der Waals surface area (Å²) < 4.78 is 1.83. The van der Waals surface area contributed by atoms with Gasteiger partial charge in [0.15, 0.2) is 5.43 Å². The van der Waals surface area contributed by atoms with Crippen molar-refractivity contribution in [1.29, 1.82) is 0 Å². The number of rotatable bonds is 1. The van der Waals surface area contributed by atoms with E-state index in [4.69, 9.17) is 0 Å². The van der Waals surface area contributed by atoms with E-state index in [2.05, 4.69) is 35.2 Å². The molecule has 0 saturated heterocycles. The summed E-state index contributed by atoms with van der Waals surface area (Å²) in [5.74, 6) is 0. The first-order chi connectivity index (χ1) is 9.47. The molecule has 3 rings (SSSR count). The van der Waals surface area contributed by atoms with Crippen molar-refractivity contribution < 1.29 is 0 Å². The highest BCUT2D eigenvalue weighted by molar-refractivity contribution is 5.80. The van der Waals surface area contributed by atoms with Gasteiger partial charge in [-0.1, -0.05) is 12.1 Å². The van der Waals surface area contributed by atoms with Crippen molar-refractivity contribution in [2.75, 3.05) is 0 Å². The van der Waals surface area contributed by atoms with Gasteiger partial charge in [-0.3, -0.25) is 4.79 Å². The van der Waals surface area contributed by atoms with Gasteiger partial charge in [0, 0.05) is 11.8 Å². The Bertz CT molecular complexity index is 871. The monoisotopic (exact) mass is 267 g/mol. The first-order valence-corrected chi connectivity index (χ1v) is 6.64. The van der Waals surface area contributed by atoms with Gasteiger partial charge in [-0.05, 0) is 44.9 Å². The van der Waals surface area contributed by atoms with Crippen molar-refractivity contribution >= 4 is 11.0 Å². The Morgan fingerprint density at radius 3 is 2.60 bits per heavy atom. The average Bonchev–Trinajstić information content (AvgIpc) is 2.69. The van der Waals surface area contributed by atoms with Crippen LogP contribution in [0.1, 0.15) is 22.5 Å². The number of aryl methyl sites for hydroxylation is 4. The van der Waals surface area contributed by atoms with Crippen molar-refractivity contribution in [3.63, 3.8) is 0 Å². The van der Waals surface area contributed by atoms with Crippen LogP contribution >= 0.6 is 0 Å². The molecule has 102 valence electrons. The van der Waals surface area contributed by atoms with E-state index in [1.54, 1.807) is 6.07 Å². The minimum Gasteiger partial charge on any atom is -0.343 e. The topological polar surface area (TPSA) is 50.7 Å². The molecule has 1 aromatic carbocycles. The van der Waals surface area contributed by atoms with Gasteiger partial charge in [0.25, 0.3) is 0 Å². The van der Waals surface area contributed by atoms with Gasteiger partial charge in [0.2, 0.25) is 0 Å². The molecule has 4 nitrogen and oxygen atoms in total. The van der Waals surface area contributed by atoms with Crippen LogP contribution in [0.2, 0.25) is 0 Å². The normalized spacial score (nSPS) is 11.2. The molecule has 2 aromatic heterocycles. The Hall–Kier alpha value is -2.36. The quantitative estimate of drug-likeness (QED) is 0.737. The molecule has 3 aromatic rings. The fourth-order valence-electron chi connectivity index (χ4n) is 2.55. The predicted octanol–water partition coefficient (Wildman–Crippen LogP) is 2.95. The molecule has 0 bridgehead atoms. The zero-order chi connectivity index (χ0) is 14.4. The lowest BCUT2D eigenvalue weighted by molar-refractivity contribution is 0.867. The van der Waals surface area contributed by atoms with Gasteiger partial charge in [0.1, 0.15) is 5.65 Å². The number of fused-ring (bicyclic) bond motifs is 1. The van der Waals surface area contributed by atoms with Crippen LogP contribution in [0, 0.1) is 27.7 Å². The largest absolute Gasteiger partial charge is 0.343 e. The number of H-pyrrole nitrogens is 1. The molecule has 0 spiro atoms. The third kappa shape index (κ3) is 1.84. The SMILES string of the molecule is Cc1ccc(C)c(-n2nc(C)c3c(=O)cc(C)[nH]c32)c1. The van der Waals surface area contributed by atoms with Gasteiger partial charge in [-0.2, -0.15) is 5.10 Å². The standard InChI is InChI=1S/C16H17N3O/c1-9-5-6-10(2)13(7-9)19-16-15(12(4)18-19)14(20)8-11(3)17-16/h5-8H,1-4H3,(H,17,20). The van der Waals surface area contributed by atoms with Crippen LogP contribution in [0.25, 0.3) is 16.7 Å². The van der Waals surface area contributed by atoms with Crippen molar-refractivity contribution in [3.8, 4) is 5.69 Å². The Labute approximate surface area is 117 Å². The van der Waals surface area contributed by atoms with Gasteiger partial charge in [-0.25, -0.2) is 4.68 Å². The third-order valence-corrected chi connectivity index (χ3v) is 3.56. The van der Waals surface area contributed by atoms with Crippen LogP contribution in [0.3, 0.4) is 0 Å². The number of pyridine rings is 1. The molecular weight excluding hydrogens is 250 g/mol. The van der Waals surface area contributed by atoms with Gasteiger partial charge < -0.3 is 4.98 Å². The number of nitrogens with one attached hydrogen (secondary N) is 1. The molecule has 0 aliphatic heterocycles. The maximum atomic E-state index is 12.1. The maximum Gasteiger partial charge on any atom is 0.193 e. The van der Waals surface area contributed by atoms with Gasteiger partial charge in [-0.15, -0.1) is 0 Å². The number of hydrogen-bond acceptors (Lipinski definition) is 2. The van der Waals surface area contributed by atoms with E-state index in [1.165, 1.54) is 5.56 Å². The average molecular weight is 267 g/mol. The van der Waals surface area contributed by atoms with Crippen LogP contribution in [0.4, 0.5) is 0 Å². The first-order valence-electron chi connectivity index (χ1n) is 6.64. The lowest BCUT2D eigenvalue weighted by Gasteiger charge is -2.08. The molecule has 0 aliphatic carbocycles. The lowest BCUT2D eigenvalue weighted by atomic mass is 10.1. The molecule has 0 unspecified atom stereocenters. The van der Waals surface area contributed by atoms with E-state index < -0.39 is 0 Å². The van der Waals surface area contributed by atoms with E-state index in [-0.39, 0.29) is 5.43 Å². The predicted molar refractivity (Wildman–Crippen MR) is 80.6 cm³/mol. The highest BCUT2D eigenvalue weighted by Crippen LogP contribution is 2.21. The zero-order valence-corrected chi connectivity index (χ0v) is 12.1. The van der Waals surface area contributed by atoms with E-state index >= 15 is 0 Å². The third-order valence-electron chi connectivity index (χ3n) is 3.56. The zero-order valence-electron chi connectivity index (χ0n) is 12.1. The second kappa shape index (κ2) is 4.34. The van der Waals surface area contributed by atoms with Gasteiger partial charge in [0.05, 0.1) is 16.8 Å². The Balaban J connectivity index is 2.43. The van der Waals surface area contributed by atoms with Crippen molar-refractivity contribution in [1.82, 2.24) is 14.8 Å². The molecular formula is C16H17N3O. The molecule has 1 N–H and O–H groups in total. The smallest absolute Gasteiger partial charge is 0.193 e. The maximum absolute atomic E-state index is 12.1. The number of aromatic amines is 1. The van der Waals surface area contributed by atoms with E-state index in [9.17, 15) is 4.79 Å². The summed E-state index contributed by atoms with van der Waals surface area (Å²) in [6, 6.07) is 7.85. The second-order valence-electron chi connectivity index (χ2n) is 5.33. The minimum absolute atomic E-state index is 0.0188. The van der Waals surface area contributed by atoms with E-state index in [1.807, 2.05) is 25.5 Å². The Morgan fingerprint density at radius 1 is 1.10 bits per heavy atom. The number of aromatic nitrogens is 3. The van der Waals surface area contributed by atoms with Crippen LogP contribution < -0.4 is 5.43 Å². The van der Waals surface area contributed by atoms with Crippen LogP contribution in [0.5, 0.6) is 0 Å². The van der Waals surface area contributed by atoms with E-state index in [0.29, 0.717) is 5.39 Å². The lowest BCUT2D eigenvalue weighted by Crippen LogP contribution is -2.05. The van der Waals surface area contributed by atoms with Crippen LogP contribution in [0.15, 0.2) is 29.1 Å². The van der Waals surface area contributed by atoms with E-state index in [0.717, 1.165) is 28.3 Å². The summed E-state index contributed by atoms with van der Waals surface area (Å²) in [7, 11) is 0. The molecule has 0 saturated carbocycles. The number of benzene rings is 1. The molecule has 0 amide bonds. The van der Waals surface area contributed by atoms with Gasteiger partial charge >= 0.3 is 0 Å². The summed E-state index contributed by atoms with van der Waals surface area (Å²) in [4.78, 5) is 15.4. The molecule has 0 fully saturated rings. The van der Waals surface area contributed by atoms with Crippen molar-refractivity contribution in [3.05, 3.63) is 57.0 Å². The van der Waals surface area contributed by atoms with Crippen molar-refractivity contribution in [2.24, 2.45) is 0 Å². The fourth-order valence-corrected chi connectivity index (χ4v) is 2.55. The Kier molecular flexibility index (Phi) is 2.74. The summed E-state index contributed by atoms with van der Waals surface area (Å²) in [5.41, 5.74) is 5.68. The number of hydrogen-bond donors (Lipinski definition) is 1. The minimum atomic E-state index is 0.0188. The summed E-state index contributed by atoms with van der Waals surface area (Å²) >= 11 is 0. The summed E-state index contributed by atoms with van der Waals surface area (Å²) in [5, 5.41) is 5.21. The first kappa shape index (κ1) is 12.7. The highest BCUT2D eigenvalue weighted by Gasteiger charge is 2.14.